The van der Waals surface area contributed by atoms with Crippen LogP contribution in [0.4, 0.5) is 5.82 Å². The highest BCUT2D eigenvalue weighted by Crippen LogP contribution is 2.39. The van der Waals surface area contributed by atoms with Crippen molar-refractivity contribution >= 4 is 28.4 Å². The monoisotopic (exact) mass is 381 g/mol. The third-order valence-corrected chi connectivity index (χ3v) is 3.96. The van der Waals surface area contributed by atoms with Gasteiger partial charge in [0.25, 0.3) is 0 Å². The van der Waals surface area contributed by atoms with Crippen molar-refractivity contribution in [1.82, 2.24) is 9.97 Å². The Balaban J connectivity index is 1.89. The van der Waals surface area contributed by atoms with Crippen molar-refractivity contribution < 1.29 is 4.74 Å². The Morgan fingerprint density at radius 1 is 1.30 bits per heavy atom. The molecule has 0 spiro atoms. The first-order valence-electron chi connectivity index (χ1n) is 6.81. The lowest BCUT2D eigenvalue weighted by Crippen LogP contribution is -2.04. The van der Waals surface area contributed by atoms with E-state index < -0.39 is 0 Å². The second-order valence-electron chi connectivity index (χ2n) is 4.79. The molecule has 3 rings (SSSR count). The predicted molar refractivity (Wildman–Crippen MR) is 87.4 cm³/mol. The van der Waals surface area contributed by atoms with Gasteiger partial charge in [0.2, 0.25) is 5.88 Å². The van der Waals surface area contributed by atoms with Crippen LogP contribution >= 0.6 is 22.6 Å². The quantitative estimate of drug-likeness (QED) is 0.790. The van der Waals surface area contributed by atoms with Crippen LogP contribution in [0.5, 0.6) is 11.6 Å². The van der Waals surface area contributed by atoms with E-state index in [0.717, 1.165) is 27.5 Å². The average Bonchev–Trinajstić information content (AvgIpc) is 3.26. The van der Waals surface area contributed by atoms with Crippen molar-refractivity contribution in [2.24, 2.45) is 0 Å². The summed E-state index contributed by atoms with van der Waals surface area (Å²) in [6.45, 7) is 2.89. The summed E-state index contributed by atoms with van der Waals surface area (Å²) >= 11 is 2.26. The van der Waals surface area contributed by atoms with Gasteiger partial charge in [-0.25, -0.2) is 4.98 Å². The Hall–Kier alpha value is -1.37. The molecule has 1 fully saturated rings. The van der Waals surface area contributed by atoms with Crippen LogP contribution in [0.2, 0.25) is 0 Å². The number of aromatic nitrogens is 2. The number of benzene rings is 1. The van der Waals surface area contributed by atoms with E-state index in [1.165, 1.54) is 12.8 Å². The molecule has 1 aliphatic carbocycles. The molecule has 1 aliphatic rings. The van der Waals surface area contributed by atoms with Gasteiger partial charge in [-0.05, 0) is 54.5 Å². The van der Waals surface area contributed by atoms with E-state index in [1.807, 2.05) is 30.3 Å². The van der Waals surface area contributed by atoms with E-state index in [0.29, 0.717) is 11.8 Å². The van der Waals surface area contributed by atoms with Gasteiger partial charge in [-0.3, -0.25) is 0 Å². The third kappa shape index (κ3) is 3.20. The second kappa shape index (κ2) is 5.95. The first kappa shape index (κ1) is 13.6. The zero-order chi connectivity index (χ0) is 13.9. The number of anilines is 1. The molecule has 4 nitrogen and oxygen atoms in total. The Morgan fingerprint density at radius 2 is 2.10 bits per heavy atom. The van der Waals surface area contributed by atoms with Crippen molar-refractivity contribution in [3.63, 3.8) is 0 Å². The number of para-hydroxylation sites is 1. The molecule has 0 saturated heterocycles. The molecule has 20 heavy (non-hydrogen) atoms. The SMILES string of the molecule is CCNc1cc(Oc2ccccc2I)nc(C2CC2)n1. The minimum Gasteiger partial charge on any atom is -0.438 e. The summed E-state index contributed by atoms with van der Waals surface area (Å²) in [6, 6.07) is 9.79. The van der Waals surface area contributed by atoms with Gasteiger partial charge in [0.05, 0.1) is 3.57 Å². The predicted octanol–water partition coefficient (Wildman–Crippen LogP) is 4.18. The zero-order valence-electron chi connectivity index (χ0n) is 11.3. The lowest BCUT2D eigenvalue weighted by molar-refractivity contribution is 0.456. The molecule has 1 heterocycles. The normalized spacial score (nSPS) is 14.1. The summed E-state index contributed by atoms with van der Waals surface area (Å²) in [6.07, 6.45) is 2.36. The molecule has 104 valence electrons. The minimum atomic E-state index is 0.505. The van der Waals surface area contributed by atoms with Gasteiger partial charge in [-0.15, -0.1) is 0 Å². The molecular formula is C15H16IN3O. The molecule has 0 unspecified atom stereocenters. The smallest absolute Gasteiger partial charge is 0.224 e. The van der Waals surface area contributed by atoms with E-state index >= 15 is 0 Å². The van der Waals surface area contributed by atoms with Crippen LogP contribution in [0.3, 0.4) is 0 Å². The van der Waals surface area contributed by atoms with Gasteiger partial charge in [-0.1, -0.05) is 12.1 Å². The molecule has 0 bridgehead atoms. The zero-order valence-corrected chi connectivity index (χ0v) is 13.4. The molecular weight excluding hydrogens is 365 g/mol. The van der Waals surface area contributed by atoms with Crippen LogP contribution < -0.4 is 10.1 Å². The first-order valence-corrected chi connectivity index (χ1v) is 7.89. The van der Waals surface area contributed by atoms with Crippen molar-refractivity contribution in [1.29, 1.82) is 0 Å². The Bertz CT molecular complexity index is 614. The molecule has 2 aromatic rings. The van der Waals surface area contributed by atoms with Gasteiger partial charge >= 0.3 is 0 Å². The Kier molecular flexibility index (Phi) is 4.05. The van der Waals surface area contributed by atoms with Crippen molar-refractivity contribution in [3.05, 3.63) is 39.7 Å². The summed E-state index contributed by atoms with van der Waals surface area (Å²) in [5, 5.41) is 3.24. The molecule has 0 atom stereocenters. The van der Waals surface area contributed by atoms with E-state index in [-0.39, 0.29) is 0 Å². The number of halogens is 1. The average molecular weight is 381 g/mol. The minimum absolute atomic E-state index is 0.505. The first-order chi connectivity index (χ1) is 9.76. The van der Waals surface area contributed by atoms with Crippen molar-refractivity contribution in [2.75, 3.05) is 11.9 Å². The van der Waals surface area contributed by atoms with Crippen LogP contribution in [-0.4, -0.2) is 16.5 Å². The van der Waals surface area contributed by atoms with E-state index in [4.69, 9.17) is 4.74 Å². The molecule has 1 saturated carbocycles. The van der Waals surface area contributed by atoms with Crippen LogP contribution in [0.15, 0.2) is 30.3 Å². The van der Waals surface area contributed by atoms with Crippen molar-refractivity contribution in [2.45, 2.75) is 25.7 Å². The Morgan fingerprint density at radius 3 is 2.80 bits per heavy atom. The number of rotatable bonds is 5. The number of ether oxygens (including phenoxy) is 1. The molecule has 1 N–H and O–H groups in total. The summed E-state index contributed by atoms with van der Waals surface area (Å²) in [7, 11) is 0. The molecule has 1 aromatic carbocycles. The summed E-state index contributed by atoms with van der Waals surface area (Å²) in [5.74, 6) is 3.68. The van der Waals surface area contributed by atoms with Gasteiger partial charge in [0.1, 0.15) is 17.4 Å². The van der Waals surface area contributed by atoms with E-state index in [1.54, 1.807) is 0 Å². The Labute approximate surface area is 132 Å². The second-order valence-corrected chi connectivity index (χ2v) is 5.95. The van der Waals surface area contributed by atoms with E-state index in [2.05, 4.69) is 44.8 Å². The fourth-order valence-electron chi connectivity index (χ4n) is 1.93. The van der Waals surface area contributed by atoms with Crippen LogP contribution in [0.1, 0.15) is 31.5 Å². The largest absolute Gasteiger partial charge is 0.438 e. The fourth-order valence-corrected chi connectivity index (χ4v) is 2.43. The van der Waals surface area contributed by atoms with Gasteiger partial charge in [-0.2, -0.15) is 4.98 Å². The van der Waals surface area contributed by atoms with Gasteiger partial charge in [0.15, 0.2) is 0 Å². The highest BCUT2D eigenvalue weighted by atomic mass is 127. The number of nitrogens with one attached hydrogen (secondary N) is 1. The molecule has 1 aromatic heterocycles. The number of hydrogen-bond donors (Lipinski definition) is 1. The third-order valence-electron chi connectivity index (χ3n) is 3.07. The molecule has 5 heteroatoms. The fraction of sp³-hybridized carbons (Fsp3) is 0.333. The van der Waals surface area contributed by atoms with Crippen LogP contribution in [0, 0.1) is 3.57 Å². The maximum atomic E-state index is 5.92. The highest BCUT2D eigenvalue weighted by Gasteiger charge is 2.27. The van der Waals surface area contributed by atoms with Gasteiger partial charge in [0, 0.05) is 18.5 Å². The number of nitrogens with zero attached hydrogens (tertiary/aromatic N) is 2. The highest BCUT2D eigenvalue weighted by molar-refractivity contribution is 14.1. The molecule has 0 amide bonds. The van der Waals surface area contributed by atoms with Crippen LogP contribution in [0.25, 0.3) is 0 Å². The lowest BCUT2D eigenvalue weighted by atomic mass is 10.3. The maximum Gasteiger partial charge on any atom is 0.224 e. The van der Waals surface area contributed by atoms with Crippen molar-refractivity contribution in [3.8, 4) is 11.6 Å². The van der Waals surface area contributed by atoms with Gasteiger partial charge < -0.3 is 10.1 Å². The number of hydrogen-bond acceptors (Lipinski definition) is 4. The topological polar surface area (TPSA) is 47.0 Å². The maximum absolute atomic E-state index is 5.92. The standard InChI is InChI=1S/C15H16IN3O/c1-2-17-13-9-14(19-15(18-13)10-7-8-10)20-12-6-4-3-5-11(12)16/h3-6,9-10H,2,7-8H2,1H3,(H,17,18,19). The summed E-state index contributed by atoms with van der Waals surface area (Å²) < 4.78 is 6.99. The lowest BCUT2D eigenvalue weighted by Gasteiger charge is -2.10. The summed E-state index contributed by atoms with van der Waals surface area (Å²) in [4.78, 5) is 9.08. The van der Waals surface area contributed by atoms with Crippen LogP contribution in [-0.2, 0) is 0 Å². The molecule has 0 radical (unpaired) electrons. The van der Waals surface area contributed by atoms with E-state index in [9.17, 15) is 0 Å². The summed E-state index contributed by atoms with van der Waals surface area (Å²) in [5.41, 5.74) is 0. The molecule has 0 aliphatic heterocycles.